The van der Waals surface area contributed by atoms with Gasteiger partial charge in [-0.3, -0.25) is 14.4 Å². The zero-order valence-electron chi connectivity index (χ0n) is 12.5. The number of hydrogen-bond acceptors (Lipinski definition) is 6. The molecule has 1 aromatic rings. The summed E-state index contributed by atoms with van der Waals surface area (Å²) in [6.45, 7) is 0. The summed E-state index contributed by atoms with van der Waals surface area (Å²) in [4.78, 5) is 33.4. The van der Waals surface area contributed by atoms with E-state index in [0.717, 1.165) is 19.2 Å². The number of ketones is 2. The van der Waals surface area contributed by atoms with Crippen LogP contribution in [0.2, 0.25) is 0 Å². The molecule has 6 nitrogen and oxygen atoms in total. The molecule has 2 atom stereocenters. The standard InChI is InChI=1S/C15H15F3O6/c1-24-13(22)7-11(20)14(23)9-4-2-8(3-5-9)10(19)6-12(21)15(16,17)18/h2-5,11,14,20,23H,6-7H2,1H3. The molecule has 0 aromatic heterocycles. The fourth-order valence-electron chi connectivity index (χ4n) is 1.80. The van der Waals surface area contributed by atoms with Crippen molar-refractivity contribution in [2.75, 3.05) is 7.11 Å². The summed E-state index contributed by atoms with van der Waals surface area (Å²) in [5.74, 6) is -3.91. The van der Waals surface area contributed by atoms with Crippen LogP contribution in [0.3, 0.4) is 0 Å². The summed E-state index contributed by atoms with van der Waals surface area (Å²) in [6, 6.07) is 4.65. The van der Waals surface area contributed by atoms with Crippen molar-refractivity contribution in [1.29, 1.82) is 0 Å². The van der Waals surface area contributed by atoms with Gasteiger partial charge in [0.1, 0.15) is 6.10 Å². The number of Topliss-reactive ketones (excluding diaryl/α,β-unsaturated/α-hetero) is 2. The van der Waals surface area contributed by atoms with Gasteiger partial charge in [0, 0.05) is 5.56 Å². The van der Waals surface area contributed by atoms with E-state index in [2.05, 4.69) is 4.74 Å². The second-order valence-corrected chi connectivity index (χ2v) is 4.94. The highest BCUT2D eigenvalue weighted by atomic mass is 19.4. The third-order valence-corrected chi connectivity index (χ3v) is 3.18. The molecule has 0 spiro atoms. The van der Waals surface area contributed by atoms with Crippen LogP contribution in [-0.4, -0.2) is 47.1 Å². The molecular weight excluding hydrogens is 333 g/mol. The molecule has 0 aliphatic carbocycles. The molecule has 0 fully saturated rings. The van der Waals surface area contributed by atoms with E-state index in [9.17, 15) is 37.8 Å². The van der Waals surface area contributed by atoms with Gasteiger partial charge in [-0.25, -0.2) is 0 Å². The first-order valence-corrected chi connectivity index (χ1v) is 6.72. The van der Waals surface area contributed by atoms with Gasteiger partial charge in [-0.05, 0) is 5.56 Å². The fraction of sp³-hybridized carbons (Fsp3) is 0.400. The summed E-state index contributed by atoms with van der Waals surface area (Å²) in [6.07, 6.45) is -9.76. The van der Waals surface area contributed by atoms with Crippen molar-refractivity contribution in [3.05, 3.63) is 35.4 Å². The second-order valence-electron chi connectivity index (χ2n) is 4.94. The highest BCUT2D eigenvalue weighted by molar-refractivity contribution is 6.09. The first-order chi connectivity index (χ1) is 11.1. The van der Waals surface area contributed by atoms with Crippen LogP contribution in [0.1, 0.15) is 34.9 Å². The maximum Gasteiger partial charge on any atom is 0.450 e. The molecule has 0 aliphatic rings. The number of ether oxygens (including phenoxy) is 1. The van der Waals surface area contributed by atoms with E-state index < -0.39 is 48.8 Å². The Kier molecular flexibility index (Phi) is 6.61. The average molecular weight is 348 g/mol. The quantitative estimate of drug-likeness (QED) is 0.438. The molecule has 0 aliphatic heterocycles. The molecular formula is C15H15F3O6. The lowest BCUT2D eigenvalue weighted by Gasteiger charge is -2.17. The zero-order chi connectivity index (χ0) is 18.5. The molecule has 2 N–H and O–H groups in total. The van der Waals surface area contributed by atoms with E-state index in [4.69, 9.17) is 0 Å². The van der Waals surface area contributed by atoms with Gasteiger partial charge < -0.3 is 14.9 Å². The molecule has 9 heteroatoms. The normalized spacial score (nSPS) is 13.9. The first kappa shape index (κ1) is 19.8. The van der Waals surface area contributed by atoms with Gasteiger partial charge in [0.2, 0.25) is 5.78 Å². The molecule has 0 heterocycles. The monoisotopic (exact) mass is 348 g/mol. The second kappa shape index (κ2) is 8.02. The van der Waals surface area contributed by atoms with Gasteiger partial charge in [-0.15, -0.1) is 0 Å². The van der Waals surface area contributed by atoms with E-state index in [1.807, 2.05) is 0 Å². The molecule has 0 saturated heterocycles. The highest BCUT2D eigenvalue weighted by Crippen LogP contribution is 2.22. The largest absolute Gasteiger partial charge is 0.469 e. The number of carbonyl (C=O) groups is 3. The Labute approximate surface area is 134 Å². The number of hydrogen-bond donors (Lipinski definition) is 2. The number of rotatable bonds is 7. The van der Waals surface area contributed by atoms with Crippen LogP contribution in [0.15, 0.2) is 24.3 Å². The summed E-state index contributed by atoms with van der Waals surface area (Å²) in [5.41, 5.74) is -0.00360. The summed E-state index contributed by atoms with van der Waals surface area (Å²) in [5, 5.41) is 19.5. The van der Waals surface area contributed by atoms with Gasteiger partial charge in [0.05, 0.1) is 26.1 Å². The molecule has 2 unspecified atom stereocenters. The highest BCUT2D eigenvalue weighted by Gasteiger charge is 2.39. The minimum atomic E-state index is -5.08. The first-order valence-electron chi connectivity index (χ1n) is 6.72. The van der Waals surface area contributed by atoms with Gasteiger partial charge in [0.25, 0.3) is 0 Å². The Morgan fingerprint density at radius 2 is 1.67 bits per heavy atom. The van der Waals surface area contributed by atoms with Crippen LogP contribution < -0.4 is 0 Å². The molecule has 0 bridgehead atoms. The Morgan fingerprint density at radius 1 is 1.12 bits per heavy atom. The third-order valence-electron chi connectivity index (χ3n) is 3.18. The topological polar surface area (TPSA) is 101 Å². The van der Waals surface area contributed by atoms with E-state index in [-0.39, 0.29) is 11.1 Å². The number of benzene rings is 1. The zero-order valence-corrected chi connectivity index (χ0v) is 12.5. The van der Waals surface area contributed by atoms with E-state index >= 15 is 0 Å². The van der Waals surface area contributed by atoms with Crippen LogP contribution in [0.5, 0.6) is 0 Å². The number of aliphatic hydroxyl groups excluding tert-OH is 2. The Bertz CT molecular complexity index is 609. The number of methoxy groups -OCH3 is 1. The van der Waals surface area contributed by atoms with Crippen LogP contribution in [0.4, 0.5) is 13.2 Å². The maximum absolute atomic E-state index is 12.1. The molecule has 0 radical (unpaired) electrons. The molecule has 1 aromatic carbocycles. The van der Waals surface area contributed by atoms with Crippen molar-refractivity contribution in [2.24, 2.45) is 0 Å². The SMILES string of the molecule is COC(=O)CC(O)C(O)c1ccc(C(=O)CC(=O)C(F)(F)F)cc1. The predicted molar refractivity (Wildman–Crippen MR) is 74.1 cm³/mol. The number of halogens is 3. The minimum Gasteiger partial charge on any atom is -0.469 e. The molecule has 132 valence electrons. The minimum absolute atomic E-state index is 0.144. The number of carbonyl (C=O) groups excluding carboxylic acids is 3. The van der Waals surface area contributed by atoms with E-state index in [1.54, 1.807) is 0 Å². The van der Waals surface area contributed by atoms with Crippen LogP contribution >= 0.6 is 0 Å². The van der Waals surface area contributed by atoms with Gasteiger partial charge >= 0.3 is 12.1 Å². The van der Waals surface area contributed by atoms with Crippen molar-refractivity contribution in [3.63, 3.8) is 0 Å². The van der Waals surface area contributed by atoms with Crippen LogP contribution in [0, 0.1) is 0 Å². The Balaban J connectivity index is 2.76. The Hall–Kier alpha value is -2.26. The molecule has 1 rings (SSSR count). The number of aliphatic hydroxyl groups is 2. The summed E-state index contributed by atoms with van der Waals surface area (Å²) >= 11 is 0. The van der Waals surface area contributed by atoms with E-state index in [0.29, 0.717) is 0 Å². The van der Waals surface area contributed by atoms with Crippen LogP contribution in [0.25, 0.3) is 0 Å². The predicted octanol–water partition coefficient (Wildman–Crippen LogP) is 1.35. The maximum atomic E-state index is 12.1. The van der Waals surface area contributed by atoms with Gasteiger partial charge in [-0.1, -0.05) is 24.3 Å². The lowest BCUT2D eigenvalue weighted by molar-refractivity contribution is -0.170. The van der Waals surface area contributed by atoms with Crippen molar-refractivity contribution in [2.45, 2.75) is 31.2 Å². The third kappa shape index (κ3) is 5.43. The van der Waals surface area contributed by atoms with Gasteiger partial charge in [0.15, 0.2) is 5.78 Å². The molecule has 0 amide bonds. The van der Waals surface area contributed by atoms with Crippen molar-refractivity contribution < 1.29 is 42.5 Å². The van der Waals surface area contributed by atoms with Crippen molar-refractivity contribution >= 4 is 17.5 Å². The number of esters is 1. The lowest BCUT2D eigenvalue weighted by Crippen LogP contribution is -2.25. The van der Waals surface area contributed by atoms with Crippen molar-refractivity contribution in [1.82, 2.24) is 0 Å². The van der Waals surface area contributed by atoms with Crippen LogP contribution in [-0.2, 0) is 14.3 Å². The lowest BCUT2D eigenvalue weighted by atomic mass is 9.98. The van der Waals surface area contributed by atoms with E-state index in [1.165, 1.54) is 12.1 Å². The molecule has 24 heavy (non-hydrogen) atoms. The average Bonchev–Trinajstić information content (AvgIpc) is 2.53. The smallest absolute Gasteiger partial charge is 0.450 e. The molecule has 0 saturated carbocycles. The summed E-state index contributed by atoms with van der Waals surface area (Å²) in [7, 11) is 1.12. The van der Waals surface area contributed by atoms with Gasteiger partial charge in [-0.2, -0.15) is 13.2 Å². The van der Waals surface area contributed by atoms with Crippen molar-refractivity contribution in [3.8, 4) is 0 Å². The summed E-state index contributed by atoms with van der Waals surface area (Å²) < 4.78 is 40.7. The Morgan fingerprint density at radius 3 is 2.12 bits per heavy atom. The fourth-order valence-corrected chi connectivity index (χ4v) is 1.80. The number of alkyl halides is 3.